The summed E-state index contributed by atoms with van der Waals surface area (Å²) >= 11 is 0. The monoisotopic (exact) mass is 301 g/mol. The van der Waals surface area contributed by atoms with Gasteiger partial charge in [-0.1, -0.05) is 18.2 Å². The predicted molar refractivity (Wildman–Crippen MR) is 73.4 cm³/mol. The van der Waals surface area contributed by atoms with Gasteiger partial charge in [-0.2, -0.15) is 4.72 Å². The number of hydrogen-bond acceptors (Lipinski definition) is 5. The molecule has 1 aromatic carbocycles. The van der Waals surface area contributed by atoms with E-state index in [1.165, 1.54) is 12.1 Å². The first-order chi connectivity index (χ1) is 9.36. The Bertz CT molecular complexity index is 527. The first kappa shape index (κ1) is 16.6. The van der Waals surface area contributed by atoms with E-state index in [2.05, 4.69) is 4.72 Å². The maximum Gasteiger partial charge on any atom is 0.351 e. The van der Waals surface area contributed by atoms with Crippen LogP contribution in [-0.4, -0.2) is 33.3 Å². The molecule has 1 aromatic rings. The first-order valence-electron chi connectivity index (χ1n) is 6.26. The number of benzene rings is 1. The van der Waals surface area contributed by atoms with Gasteiger partial charge in [0.25, 0.3) is 0 Å². The summed E-state index contributed by atoms with van der Waals surface area (Å²) in [6.07, 6.45) is -1.69. The summed E-state index contributed by atoms with van der Waals surface area (Å²) in [5.41, 5.74) is 0. The Hall–Kier alpha value is -1.44. The second kappa shape index (κ2) is 7.37. The Morgan fingerprint density at radius 3 is 2.35 bits per heavy atom. The van der Waals surface area contributed by atoms with Crippen molar-refractivity contribution in [3.05, 3.63) is 30.3 Å². The lowest BCUT2D eigenvalue weighted by atomic mass is 10.4. The van der Waals surface area contributed by atoms with Gasteiger partial charge in [-0.25, -0.2) is 13.2 Å². The summed E-state index contributed by atoms with van der Waals surface area (Å²) in [6, 6.07) is 7.75. The third kappa shape index (κ3) is 4.92. The lowest BCUT2D eigenvalue weighted by molar-refractivity contribution is -0.160. The molecule has 0 heterocycles. The average Bonchev–Trinajstić information content (AvgIpc) is 2.38. The minimum Gasteiger partial charge on any atom is -0.463 e. The van der Waals surface area contributed by atoms with Gasteiger partial charge in [-0.3, -0.25) is 0 Å². The number of sulfonamides is 1. The van der Waals surface area contributed by atoms with Crippen molar-refractivity contribution >= 4 is 16.0 Å². The van der Waals surface area contributed by atoms with Crippen molar-refractivity contribution in [2.75, 3.05) is 6.61 Å². The molecule has 1 unspecified atom stereocenters. The maximum atomic E-state index is 12.1. The molecule has 1 atom stereocenters. The Morgan fingerprint density at radius 2 is 1.85 bits per heavy atom. The van der Waals surface area contributed by atoms with E-state index in [9.17, 15) is 13.2 Å². The fourth-order valence-corrected chi connectivity index (χ4v) is 2.52. The summed E-state index contributed by atoms with van der Waals surface area (Å²) in [5, 5.41) is 0. The Kier molecular flexibility index (Phi) is 6.12. The van der Waals surface area contributed by atoms with Gasteiger partial charge in [-0.05, 0) is 32.9 Å². The van der Waals surface area contributed by atoms with Crippen LogP contribution >= 0.6 is 0 Å². The lowest BCUT2D eigenvalue weighted by Gasteiger charge is -2.20. The van der Waals surface area contributed by atoms with Crippen LogP contribution in [0.2, 0.25) is 0 Å². The van der Waals surface area contributed by atoms with Crippen LogP contribution in [0.15, 0.2) is 35.2 Å². The summed E-state index contributed by atoms with van der Waals surface area (Å²) in [4.78, 5) is 11.8. The van der Waals surface area contributed by atoms with E-state index in [1.54, 1.807) is 39.0 Å². The largest absolute Gasteiger partial charge is 0.463 e. The first-order valence-corrected chi connectivity index (χ1v) is 7.74. The van der Waals surface area contributed by atoms with Gasteiger partial charge in [0.2, 0.25) is 16.3 Å². The Morgan fingerprint density at radius 1 is 1.25 bits per heavy atom. The van der Waals surface area contributed by atoms with E-state index in [1.807, 2.05) is 0 Å². The molecule has 20 heavy (non-hydrogen) atoms. The van der Waals surface area contributed by atoms with Crippen molar-refractivity contribution in [2.45, 2.75) is 38.0 Å². The summed E-state index contributed by atoms with van der Waals surface area (Å²) < 4.78 is 36.5. The number of carbonyl (C=O) groups is 1. The van der Waals surface area contributed by atoms with Crippen LogP contribution in [0.3, 0.4) is 0 Å². The number of hydrogen-bond donors (Lipinski definition) is 1. The summed E-state index contributed by atoms with van der Waals surface area (Å²) in [6.45, 7) is 5.17. The number of carbonyl (C=O) groups excluding carboxylic acids is 1. The quantitative estimate of drug-likeness (QED) is 0.606. The minimum atomic E-state index is -3.84. The second-order valence-electron chi connectivity index (χ2n) is 4.25. The number of nitrogens with one attached hydrogen (secondary N) is 1. The highest BCUT2D eigenvalue weighted by molar-refractivity contribution is 7.89. The van der Waals surface area contributed by atoms with Gasteiger partial charge in [0.15, 0.2) is 0 Å². The normalized spacial score (nSPS) is 13.2. The highest BCUT2D eigenvalue weighted by Crippen LogP contribution is 2.10. The van der Waals surface area contributed by atoms with Crippen LogP contribution in [0, 0.1) is 0 Å². The van der Waals surface area contributed by atoms with Crippen molar-refractivity contribution in [1.82, 2.24) is 4.72 Å². The number of ether oxygens (including phenoxy) is 2. The van der Waals surface area contributed by atoms with Gasteiger partial charge in [0.1, 0.15) is 0 Å². The molecule has 7 heteroatoms. The molecule has 0 amide bonds. The standard InChI is InChI=1S/C13H19NO5S/c1-4-18-13(15)12(19-10(2)3)14-20(16,17)11-8-6-5-7-9-11/h5-10,12,14H,4H2,1-3H3. The van der Waals surface area contributed by atoms with Crippen molar-refractivity contribution in [3.8, 4) is 0 Å². The highest BCUT2D eigenvalue weighted by Gasteiger charge is 2.28. The molecular weight excluding hydrogens is 282 g/mol. The molecular formula is C13H19NO5S. The molecule has 0 spiro atoms. The smallest absolute Gasteiger partial charge is 0.351 e. The van der Waals surface area contributed by atoms with Crippen molar-refractivity contribution in [1.29, 1.82) is 0 Å². The van der Waals surface area contributed by atoms with Gasteiger partial charge >= 0.3 is 5.97 Å². The van der Waals surface area contributed by atoms with Crippen LogP contribution in [0.1, 0.15) is 20.8 Å². The highest BCUT2D eigenvalue weighted by atomic mass is 32.2. The van der Waals surface area contributed by atoms with Gasteiger partial charge < -0.3 is 9.47 Å². The van der Waals surface area contributed by atoms with E-state index in [0.717, 1.165) is 0 Å². The summed E-state index contributed by atoms with van der Waals surface area (Å²) in [5.74, 6) is -0.763. The number of rotatable bonds is 7. The molecule has 0 aliphatic carbocycles. The molecule has 0 radical (unpaired) electrons. The van der Waals surface area contributed by atoms with Crippen LogP contribution in [-0.2, 0) is 24.3 Å². The van der Waals surface area contributed by atoms with E-state index in [4.69, 9.17) is 9.47 Å². The third-order valence-electron chi connectivity index (χ3n) is 2.22. The fourth-order valence-electron chi connectivity index (χ4n) is 1.43. The topological polar surface area (TPSA) is 81.7 Å². The molecule has 1 N–H and O–H groups in total. The third-order valence-corrected chi connectivity index (χ3v) is 3.64. The van der Waals surface area contributed by atoms with Crippen LogP contribution in [0.5, 0.6) is 0 Å². The molecule has 0 aliphatic rings. The average molecular weight is 301 g/mol. The molecule has 0 saturated carbocycles. The molecule has 0 saturated heterocycles. The van der Waals surface area contributed by atoms with Crippen LogP contribution in [0.4, 0.5) is 0 Å². The van der Waals surface area contributed by atoms with Gasteiger partial charge in [-0.15, -0.1) is 0 Å². The van der Waals surface area contributed by atoms with Crippen molar-refractivity contribution < 1.29 is 22.7 Å². The van der Waals surface area contributed by atoms with E-state index >= 15 is 0 Å². The molecule has 0 aliphatic heterocycles. The zero-order valence-electron chi connectivity index (χ0n) is 11.7. The Labute approximate surface area is 119 Å². The lowest BCUT2D eigenvalue weighted by Crippen LogP contribution is -2.45. The SMILES string of the molecule is CCOC(=O)C(NS(=O)(=O)c1ccccc1)OC(C)C. The van der Waals surface area contributed by atoms with Crippen LogP contribution in [0.25, 0.3) is 0 Å². The van der Waals surface area contributed by atoms with E-state index < -0.39 is 22.2 Å². The van der Waals surface area contributed by atoms with Crippen LogP contribution < -0.4 is 4.72 Å². The molecule has 112 valence electrons. The van der Waals surface area contributed by atoms with Crippen molar-refractivity contribution in [3.63, 3.8) is 0 Å². The molecule has 6 nitrogen and oxygen atoms in total. The molecule has 0 aromatic heterocycles. The zero-order valence-corrected chi connectivity index (χ0v) is 12.5. The fraction of sp³-hybridized carbons (Fsp3) is 0.462. The zero-order chi connectivity index (χ0) is 15.2. The molecule has 0 fully saturated rings. The van der Waals surface area contributed by atoms with Gasteiger partial charge in [0.05, 0.1) is 17.6 Å². The van der Waals surface area contributed by atoms with E-state index in [0.29, 0.717) is 0 Å². The maximum absolute atomic E-state index is 12.1. The second-order valence-corrected chi connectivity index (χ2v) is 5.97. The Balaban J connectivity index is 2.91. The number of esters is 1. The van der Waals surface area contributed by atoms with E-state index in [-0.39, 0.29) is 17.6 Å². The minimum absolute atomic E-state index is 0.0571. The predicted octanol–water partition coefficient (Wildman–Crippen LogP) is 1.28. The summed E-state index contributed by atoms with van der Waals surface area (Å²) in [7, 11) is -3.84. The van der Waals surface area contributed by atoms with Gasteiger partial charge in [0, 0.05) is 0 Å². The van der Waals surface area contributed by atoms with Crippen molar-refractivity contribution in [2.24, 2.45) is 0 Å². The molecule has 0 bridgehead atoms. The molecule has 1 rings (SSSR count).